The van der Waals surface area contributed by atoms with Crippen molar-refractivity contribution in [3.8, 4) is 5.75 Å². The molecule has 3 nitrogen and oxygen atoms in total. The Labute approximate surface area is 153 Å². The van der Waals surface area contributed by atoms with Gasteiger partial charge in [-0.3, -0.25) is 4.79 Å². The third kappa shape index (κ3) is 2.84. The van der Waals surface area contributed by atoms with Gasteiger partial charge in [0.05, 0.1) is 17.1 Å². The zero-order chi connectivity index (χ0) is 16.1. The molecule has 0 saturated heterocycles. The van der Waals surface area contributed by atoms with Crippen LogP contribution in [-0.4, -0.2) is 19.1 Å². The SMILES string of the molecule is COc1c(Br)cc(Br)cc1C(=O)NC1C2CC3CC(C2)CC1C3. The summed E-state index contributed by atoms with van der Waals surface area (Å²) < 4.78 is 7.10. The van der Waals surface area contributed by atoms with Crippen molar-refractivity contribution >= 4 is 37.8 Å². The molecule has 4 fully saturated rings. The molecule has 4 aliphatic rings. The van der Waals surface area contributed by atoms with E-state index in [1.54, 1.807) is 7.11 Å². The van der Waals surface area contributed by atoms with Crippen LogP contribution < -0.4 is 10.1 Å². The highest BCUT2D eigenvalue weighted by molar-refractivity contribution is 9.11. The summed E-state index contributed by atoms with van der Waals surface area (Å²) in [6, 6.07) is 4.09. The second-order valence-corrected chi connectivity index (χ2v) is 9.17. The van der Waals surface area contributed by atoms with Gasteiger partial charge in [0.1, 0.15) is 5.75 Å². The molecule has 4 bridgehead atoms. The lowest BCUT2D eigenvalue weighted by Gasteiger charge is -2.54. The number of methoxy groups -OCH3 is 1. The second kappa shape index (κ2) is 6.07. The van der Waals surface area contributed by atoms with Crippen LogP contribution in [0.1, 0.15) is 42.5 Å². The van der Waals surface area contributed by atoms with E-state index in [0.29, 0.717) is 29.2 Å². The van der Waals surface area contributed by atoms with Crippen LogP contribution in [0.15, 0.2) is 21.1 Å². The molecule has 0 spiro atoms. The lowest BCUT2D eigenvalue weighted by atomic mass is 9.54. The Balaban J connectivity index is 1.57. The topological polar surface area (TPSA) is 38.3 Å². The first-order valence-corrected chi connectivity index (χ1v) is 9.97. The van der Waals surface area contributed by atoms with Crippen molar-refractivity contribution < 1.29 is 9.53 Å². The molecule has 1 N–H and O–H groups in total. The molecule has 0 aromatic heterocycles. The number of amides is 1. The van der Waals surface area contributed by atoms with Crippen molar-refractivity contribution in [3.05, 3.63) is 26.6 Å². The molecule has 1 aromatic carbocycles. The van der Waals surface area contributed by atoms with Crippen LogP contribution in [0.3, 0.4) is 0 Å². The van der Waals surface area contributed by atoms with Crippen molar-refractivity contribution in [2.75, 3.05) is 7.11 Å². The maximum Gasteiger partial charge on any atom is 0.255 e. The van der Waals surface area contributed by atoms with Gasteiger partial charge in [-0.2, -0.15) is 0 Å². The maximum absolute atomic E-state index is 12.9. The number of rotatable bonds is 3. The summed E-state index contributed by atoms with van der Waals surface area (Å²) in [6.45, 7) is 0. The molecule has 5 heteroatoms. The minimum absolute atomic E-state index is 0.0127. The number of hydrogen-bond donors (Lipinski definition) is 1. The van der Waals surface area contributed by atoms with Gasteiger partial charge in [-0.15, -0.1) is 0 Å². The van der Waals surface area contributed by atoms with Crippen LogP contribution >= 0.6 is 31.9 Å². The Hall–Kier alpha value is -0.550. The number of ether oxygens (including phenoxy) is 1. The van der Waals surface area contributed by atoms with E-state index in [1.165, 1.54) is 32.1 Å². The van der Waals surface area contributed by atoms with Gasteiger partial charge in [0, 0.05) is 10.5 Å². The summed E-state index contributed by atoms with van der Waals surface area (Å²) in [5.74, 6) is 3.78. The third-order valence-electron chi connectivity index (χ3n) is 5.98. The quantitative estimate of drug-likeness (QED) is 0.731. The first kappa shape index (κ1) is 15.9. The Kier molecular flexibility index (Phi) is 4.21. The van der Waals surface area contributed by atoms with Crippen molar-refractivity contribution in [2.24, 2.45) is 23.7 Å². The minimum atomic E-state index is -0.0127. The average Bonchev–Trinajstić information content (AvgIpc) is 2.49. The Morgan fingerprint density at radius 3 is 2.26 bits per heavy atom. The standard InChI is InChI=1S/C18H21Br2NO2/c1-23-17-14(7-13(19)8-15(17)20)18(22)21-16-11-3-9-2-10(5-11)6-12(16)4-9/h7-12,16H,2-6H2,1H3,(H,21,22). The normalized spacial score (nSPS) is 34.5. The van der Waals surface area contributed by atoms with Gasteiger partial charge in [0.2, 0.25) is 0 Å². The molecule has 0 unspecified atom stereocenters. The van der Waals surface area contributed by atoms with Crippen LogP contribution in [0.25, 0.3) is 0 Å². The first-order chi connectivity index (χ1) is 11.0. The van der Waals surface area contributed by atoms with E-state index < -0.39 is 0 Å². The van der Waals surface area contributed by atoms with Crippen molar-refractivity contribution in [1.82, 2.24) is 5.32 Å². The number of carbonyl (C=O) groups is 1. The number of carbonyl (C=O) groups excluding carboxylic acids is 1. The fraction of sp³-hybridized carbons (Fsp3) is 0.611. The summed E-state index contributed by atoms with van der Waals surface area (Å²) in [7, 11) is 1.60. The molecule has 1 amide bonds. The van der Waals surface area contributed by atoms with Crippen LogP contribution in [0.5, 0.6) is 5.75 Å². The van der Waals surface area contributed by atoms with E-state index in [-0.39, 0.29) is 5.91 Å². The van der Waals surface area contributed by atoms with Gasteiger partial charge in [0.15, 0.2) is 0 Å². The van der Waals surface area contributed by atoms with E-state index >= 15 is 0 Å². The third-order valence-corrected chi connectivity index (χ3v) is 7.03. The maximum atomic E-state index is 12.9. The fourth-order valence-electron chi connectivity index (χ4n) is 5.33. The van der Waals surface area contributed by atoms with Gasteiger partial charge >= 0.3 is 0 Å². The smallest absolute Gasteiger partial charge is 0.255 e. The van der Waals surface area contributed by atoms with Crippen LogP contribution in [0.4, 0.5) is 0 Å². The van der Waals surface area contributed by atoms with Crippen LogP contribution in [-0.2, 0) is 0 Å². The van der Waals surface area contributed by atoms with Crippen LogP contribution in [0, 0.1) is 23.7 Å². The molecule has 0 heterocycles. The molecular weight excluding hydrogens is 422 g/mol. The highest BCUT2D eigenvalue weighted by Gasteiger charge is 2.48. The minimum Gasteiger partial charge on any atom is -0.495 e. The molecule has 0 radical (unpaired) electrons. The Morgan fingerprint density at radius 1 is 1.09 bits per heavy atom. The molecule has 0 atom stereocenters. The predicted octanol–water partition coefficient (Wildman–Crippen LogP) is 4.77. The highest BCUT2D eigenvalue weighted by Crippen LogP contribution is 2.53. The number of benzene rings is 1. The number of hydrogen-bond acceptors (Lipinski definition) is 2. The van der Waals surface area contributed by atoms with Crippen molar-refractivity contribution in [1.29, 1.82) is 0 Å². The summed E-state index contributed by atoms with van der Waals surface area (Å²) >= 11 is 6.95. The lowest BCUT2D eigenvalue weighted by Crippen LogP contribution is -2.55. The fourth-order valence-corrected chi connectivity index (χ4v) is 6.71. The largest absolute Gasteiger partial charge is 0.495 e. The molecule has 124 valence electrons. The Morgan fingerprint density at radius 2 is 1.70 bits per heavy atom. The van der Waals surface area contributed by atoms with Crippen LogP contribution in [0.2, 0.25) is 0 Å². The molecule has 4 aliphatic carbocycles. The molecule has 1 aromatic rings. The summed E-state index contributed by atoms with van der Waals surface area (Å²) in [4.78, 5) is 12.9. The monoisotopic (exact) mass is 441 g/mol. The van der Waals surface area contributed by atoms with Gasteiger partial charge in [0.25, 0.3) is 5.91 Å². The zero-order valence-corrected chi connectivity index (χ0v) is 16.3. The highest BCUT2D eigenvalue weighted by atomic mass is 79.9. The zero-order valence-electron chi connectivity index (χ0n) is 13.1. The predicted molar refractivity (Wildman–Crippen MR) is 96.7 cm³/mol. The van der Waals surface area contributed by atoms with Gasteiger partial charge < -0.3 is 10.1 Å². The summed E-state index contributed by atoms with van der Waals surface area (Å²) in [5, 5.41) is 3.35. The molecule has 0 aliphatic heterocycles. The second-order valence-electron chi connectivity index (χ2n) is 7.40. The summed E-state index contributed by atoms with van der Waals surface area (Å²) in [6.07, 6.45) is 6.64. The first-order valence-electron chi connectivity index (χ1n) is 8.39. The van der Waals surface area contributed by atoms with Gasteiger partial charge in [-0.05, 0) is 83.8 Å². The molecule has 4 saturated carbocycles. The molecular formula is C18H21Br2NO2. The Bertz CT molecular complexity index is 618. The summed E-state index contributed by atoms with van der Waals surface area (Å²) in [5.41, 5.74) is 0.600. The lowest BCUT2D eigenvalue weighted by molar-refractivity contribution is -0.0119. The molecule has 5 rings (SSSR count). The van der Waals surface area contributed by atoms with E-state index in [1.807, 2.05) is 12.1 Å². The van der Waals surface area contributed by atoms with E-state index in [9.17, 15) is 4.79 Å². The average molecular weight is 443 g/mol. The van der Waals surface area contributed by atoms with Crippen molar-refractivity contribution in [2.45, 2.75) is 38.1 Å². The van der Waals surface area contributed by atoms with Crippen molar-refractivity contribution in [3.63, 3.8) is 0 Å². The molecule has 23 heavy (non-hydrogen) atoms. The van der Waals surface area contributed by atoms with Gasteiger partial charge in [-0.1, -0.05) is 15.9 Å². The van der Waals surface area contributed by atoms with E-state index in [4.69, 9.17) is 4.74 Å². The van der Waals surface area contributed by atoms with E-state index in [0.717, 1.165) is 20.8 Å². The van der Waals surface area contributed by atoms with Gasteiger partial charge in [-0.25, -0.2) is 0 Å². The van der Waals surface area contributed by atoms with E-state index in [2.05, 4.69) is 37.2 Å². The number of nitrogens with one attached hydrogen (secondary N) is 1. The number of halogens is 2.